The molecule has 2 aliphatic heterocycles. The minimum atomic E-state index is -0.985. The van der Waals surface area contributed by atoms with Gasteiger partial charge in [0.1, 0.15) is 6.04 Å². The van der Waals surface area contributed by atoms with Crippen molar-refractivity contribution < 1.29 is 14.7 Å². The Morgan fingerprint density at radius 3 is 2.65 bits per heavy atom. The zero-order valence-corrected chi connectivity index (χ0v) is 12.3. The van der Waals surface area contributed by atoms with Gasteiger partial charge in [-0.2, -0.15) is 0 Å². The molecule has 2 heterocycles. The topological polar surface area (TPSA) is 81.7 Å². The second-order valence-corrected chi connectivity index (χ2v) is 6.23. The van der Waals surface area contributed by atoms with E-state index >= 15 is 0 Å². The summed E-state index contributed by atoms with van der Waals surface area (Å²) in [5, 5.41) is 14.6. The van der Waals surface area contributed by atoms with Gasteiger partial charge in [-0.25, -0.2) is 9.59 Å². The van der Waals surface area contributed by atoms with Crippen LogP contribution >= 0.6 is 0 Å². The van der Waals surface area contributed by atoms with Gasteiger partial charge in [-0.05, 0) is 38.1 Å². The molecule has 3 N–H and O–H groups in total. The largest absolute Gasteiger partial charge is 0.480 e. The van der Waals surface area contributed by atoms with E-state index in [0.717, 1.165) is 19.4 Å². The first-order valence-corrected chi connectivity index (χ1v) is 7.51. The number of carbonyl (C=O) groups is 2. The number of carboxylic acids is 1. The van der Waals surface area contributed by atoms with Crippen LogP contribution in [0.3, 0.4) is 0 Å². The molecule has 0 spiro atoms. The highest BCUT2D eigenvalue weighted by molar-refractivity contribution is 5.82. The number of fused-ring (bicyclic) bond motifs is 1. The van der Waals surface area contributed by atoms with Crippen molar-refractivity contribution in [3.8, 4) is 0 Å². The standard InChI is InChI=1S/C14H25N3O3/c1-9(2)12(13(18)19)16-14(20)15-10-5-7-17-6-3-4-11(17)8-10/h9-12H,3-8H2,1-2H3,(H,18,19)(H2,15,16,20). The van der Waals surface area contributed by atoms with Gasteiger partial charge in [0.25, 0.3) is 0 Å². The predicted molar refractivity (Wildman–Crippen MR) is 75.5 cm³/mol. The Morgan fingerprint density at radius 2 is 2.00 bits per heavy atom. The molecule has 2 rings (SSSR count). The summed E-state index contributed by atoms with van der Waals surface area (Å²) in [5.74, 6) is -1.12. The van der Waals surface area contributed by atoms with E-state index in [1.54, 1.807) is 13.8 Å². The minimum Gasteiger partial charge on any atom is -0.480 e. The molecule has 3 unspecified atom stereocenters. The smallest absolute Gasteiger partial charge is 0.326 e. The molecule has 0 saturated carbocycles. The van der Waals surface area contributed by atoms with E-state index in [1.165, 1.54) is 19.4 Å². The van der Waals surface area contributed by atoms with E-state index in [1.807, 2.05) is 0 Å². The van der Waals surface area contributed by atoms with Gasteiger partial charge in [0.15, 0.2) is 0 Å². The van der Waals surface area contributed by atoms with Gasteiger partial charge >= 0.3 is 12.0 Å². The molecule has 0 aromatic rings. The van der Waals surface area contributed by atoms with Crippen molar-refractivity contribution in [2.24, 2.45) is 5.92 Å². The number of hydrogen-bond acceptors (Lipinski definition) is 3. The number of carbonyl (C=O) groups excluding carboxylic acids is 1. The average Bonchev–Trinajstić information content (AvgIpc) is 2.82. The van der Waals surface area contributed by atoms with Crippen molar-refractivity contribution in [3.63, 3.8) is 0 Å². The second-order valence-electron chi connectivity index (χ2n) is 6.23. The Labute approximate surface area is 119 Å². The molecule has 6 heteroatoms. The number of piperidine rings is 1. The van der Waals surface area contributed by atoms with Crippen molar-refractivity contribution in [1.29, 1.82) is 0 Å². The van der Waals surface area contributed by atoms with E-state index in [0.29, 0.717) is 6.04 Å². The molecule has 0 aromatic heterocycles. The summed E-state index contributed by atoms with van der Waals surface area (Å²) in [4.78, 5) is 25.5. The Hall–Kier alpha value is -1.30. The third-order valence-electron chi connectivity index (χ3n) is 4.37. The summed E-state index contributed by atoms with van der Waals surface area (Å²) in [6, 6.07) is -0.436. The maximum atomic E-state index is 11.9. The molecule has 0 radical (unpaired) electrons. The van der Waals surface area contributed by atoms with Crippen molar-refractivity contribution in [2.45, 2.75) is 57.7 Å². The van der Waals surface area contributed by atoms with Gasteiger partial charge in [-0.1, -0.05) is 13.8 Å². The van der Waals surface area contributed by atoms with Crippen LogP contribution in [0.15, 0.2) is 0 Å². The zero-order valence-electron chi connectivity index (χ0n) is 12.3. The molecular weight excluding hydrogens is 258 g/mol. The second kappa shape index (κ2) is 6.43. The number of amides is 2. The number of rotatable bonds is 4. The molecule has 20 heavy (non-hydrogen) atoms. The number of carboxylic acid groups (broad SMARTS) is 1. The Morgan fingerprint density at radius 1 is 1.25 bits per heavy atom. The van der Waals surface area contributed by atoms with Crippen LogP contribution in [-0.2, 0) is 4.79 Å². The van der Waals surface area contributed by atoms with Gasteiger partial charge in [-0.15, -0.1) is 0 Å². The Kier molecular flexibility index (Phi) is 4.86. The summed E-state index contributed by atoms with van der Waals surface area (Å²) >= 11 is 0. The fourth-order valence-electron chi connectivity index (χ4n) is 3.24. The van der Waals surface area contributed by atoms with Gasteiger partial charge in [-0.3, -0.25) is 0 Å². The highest BCUT2D eigenvalue weighted by Crippen LogP contribution is 2.26. The summed E-state index contributed by atoms with van der Waals surface area (Å²) in [6.45, 7) is 5.78. The molecule has 0 aliphatic carbocycles. The molecule has 2 aliphatic rings. The highest BCUT2D eigenvalue weighted by Gasteiger charge is 2.32. The Balaban J connectivity index is 1.80. The predicted octanol–water partition coefficient (Wildman–Crippen LogP) is 1.02. The molecule has 3 atom stereocenters. The van der Waals surface area contributed by atoms with Gasteiger partial charge in [0.2, 0.25) is 0 Å². The lowest BCUT2D eigenvalue weighted by Gasteiger charge is -2.35. The van der Waals surface area contributed by atoms with Crippen LogP contribution in [0.25, 0.3) is 0 Å². The lowest BCUT2D eigenvalue weighted by atomic mass is 9.98. The van der Waals surface area contributed by atoms with Crippen molar-refractivity contribution >= 4 is 12.0 Å². The SMILES string of the molecule is CC(C)C(NC(=O)NC1CCN2CCCC2C1)C(=O)O. The average molecular weight is 283 g/mol. The van der Waals surface area contributed by atoms with Crippen LogP contribution in [0, 0.1) is 5.92 Å². The van der Waals surface area contributed by atoms with Crippen molar-refractivity contribution in [2.75, 3.05) is 13.1 Å². The third kappa shape index (κ3) is 3.62. The Bertz CT molecular complexity index is 373. The number of aliphatic carboxylic acids is 1. The first-order valence-electron chi connectivity index (χ1n) is 7.51. The van der Waals surface area contributed by atoms with E-state index < -0.39 is 12.0 Å². The number of nitrogens with zero attached hydrogens (tertiary/aromatic N) is 1. The highest BCUT2D eigenvalue weighted by atomic mass is 16.4. The fraction of sp³-hybridized carbons (Fsp3) is 0.857. The first kappa shape index (κ1) is 15.1. The molecule has 2 saturated heterocycles. The summed E-state index contributed by atoms with van der Waals surface area (Å²) in [7, 11) is 0. The van der Waals surface area contributed by atoms with Gasteiger partial charge < -0.3 is 20.6 Å². The lowest BCUT2D eigenvalue weighted by molar-refractivity contribution is -0.140. The van der Waals surface area contributed by atoms with Crippen molar-refractivity contribution in [3.05, 3.63) is 0 Å². The minimum absolute atomic E-state index is 0.130. The molecule has 6 nitrogen and oxygen atoms in total. The van der Waals surface area contributed by atoms with Crippen LogP contribution < -0.4 is 10.6 Å². The summed E-state index contributed by atoms with van der Waals surface area (Å²) in [5.41, 5.74) is 0. The number of nitrogens with one attached hydrogen (secondary N) is 2. The van der Waals surface area contributed by atoms with Gasteiger partial charge in [0.05, 0.1) is 0 Å². The molecule has 2 fully saturated rings. The van der Waals surface area contributed by atoms with Gasteiger partial charge in [0, 0.05) is 18.6 Å². The quantitative estimate of drug-likeness (QED) is 0.719. The van der Waals surface area contributed by atoms with Crippen LogP contribution in [-0.4, -0.2) is 53.2 Å². The number of urea groups is 1. The fourth-order valence-corrected chi connectivity index (χ4v) is 3.24. The van der Waals surface area contributed by atoms with E-state index in [2.05, 4.69) is 15.5 Å². The maximum Gasteiger partial charge on any atom is 0.326 e. The zero-order chi connectivity index (χ0) is 14.7. The molecular formula is C14H25N3O3. The normalized spacial score (nSPS) is 27.9. The van der Waals surface area contributed by atoms with Crippen LogP contribution in [0.2, 0.25) is 0 Å². The summed E-state index contributed by atoms with van der Waals surface area (Å²) in [6.07, 6.45) is 4.39. The van der Waals surface area contributed by atoms with E-state index in [9.17, 15) is 9.59 Å². The first-order chi connectivity index (χ1) is 9.47. The van der Waals surface area contributed by atoms with Crippen LogP contribution in [0.4, 0.5) is 4.79 Å². The summed E-state index contributed by atoms with van der Waals surface area (Å²) < 4.78 is 0. The van der Waals surface area contributed by atoms with E-state index in [-0.39, 0.29) is 18.0 Å². The molecule has 0 bridgehead atoms. The molecule has 114 valence electrons. The maximum absolute atomic E-state index is 11.9. The van der Waals surface area contributed by atoms with E-state index in [4.69, 9.17) is 5.11 Å². The molecule has 0 aromatic carbocycles. The van der Waals surface area contributed by atoms with Crippen molar-refractivity contribution in [1.82, 2.24) is 15.5 Å². The van der Waals surface area contributed by atoms with Crippen LogP contribution in [0.1, 0.15) is 39.5 Å². The number of hydrogen-bond donors (Lipinski definition) is 3. The monoisotopic (exact) mass is 283 g/mol. The molecule has 2 amide bonds. The van der Waals surface area contributed by atoms with Crippen LogP contribution in [0.5, 0.6) is 0 Å². The lowest BCUT2D eigenvalue weighted by Crippen LogP contribution is -2.54. The third-order valence-corrected chi connectivity index (χ3v) is 4.37.